The van der Waals surface area contributed by atoms with Crippen LogP contribution < -0.4 is 0 Å². The van der Waals surface area contributed by atoms with E-state index in [0.717, 1.165) is 30.3 Å². The maximum Gasteiger partial charge on any atom is 0.425 e. The maximum absolute atomic E-state index is 13.4. The van der Waals surface area contributed by atoms with Crippen LogP contribution >= 0.6 is 11.6 Å². The van der Waals surface area contributed by atoms with Gasteiger partial charge in [-0.15, -0.1) is 0 Å². The molecule has 0 spiro atoms. The molecule has 0 radical (unpaired) electrons. The Balaban J connectivity index is 2.70. The second-order valence-electron chi connectivity index (χ2n) is 4.19. The van der Waals surface area contributed by atoms with E-state index in [1.165, 1.54) is 18.2 Å². The molecule has 0 amide bonds. The number of halogens is 5. The Hall–Kier alpha value is -1.59. The molecule has 0 heterocycles. The third-order valence-corrected chi connectivity index (χ3v) is 3.27. The fourth-order valence-electron chi connectivity index (χ4n) is 1.92. The molecule has 0 aliphatic carbocycles. The largest absolute Gasteiger partial charge is 0.425 e. The van der Waals surface area contributed by atoms with Crippen molar-refractivity contribution in [2.45, 2.75) is 11.8 Å². The van der Waals surface area contributed by atoms with Gasteiger partial charge < -0.3 is 5.11 Å². The van der Waals surface area contributed by atoms with Crippen LogP contribution in [0.2, 0.25) is 5.02 Å². The fourth-order valence-corrected chi connectivity index (χ4v) is 2.19. The van der Waals surface area contributed by atoms with E-state index in [2.05, 4.69) is 0 Å². The van der Waals surface area contributed by atoms with Gasteiger partial charge >= 0.3 is 6.18 Å². The Morgan fingerprint density at radius 1 is 0.900 bits per heavy atom. The first-order valence-corrected chi connectivity index (χ1v) is 5.95. The zero-order chi connectivity index (χ0) is 15.0. The lowest BCUT2D eigenvalue weighted by Gasteiger charge is -2.32. The van der Waals surface area contributed by atoms with Crippen molar-refractivity contribution in [2.75, 3.05) is 0 Å². The summed E-state index contributed by atoms with van der Waals surface area (Å²) in [4.78, 5) is 0. The second-order valence-corrected chi connectivity index (χ2v) is 4.60. The van der Waals surface area contributed by atoms with Crippen LogP contribution in [-0.4, -0.2) is 11.3 Å². The Kier molecular flexibility index (Phi) is 3.75. The molecule has 1 nitrogen and oxygen atoms in total. The maximum atomic E-state index is 13.4. The van der Waals surface area contributed by atoms with Gasteiger partial charge in [-0.05, 0) is 23.8 Å². The minimum Gasteiger partial charge on any atom is -0.372 e. The molecule has 1 unspecified atom stereocenters. The van der Waals surface area contributed by atoms with E-state index in [9.17, 15) is 22.7 Å². The van der Waals surface area contributed by atoms with Crippen LogP contribution in [0.1, 0.15) is 11.1 Å². The fraction of sp³-hybridized carbons (Fsp3) is 0.143. The smallest absolute Gasteiger partial charge is 0.372 e. The summed E-state index contributed by atoms with van der Waals surface area (Å²) in [6.07, 6.45) is -5.00. The molecule has 0 aliphatic heterocycles. The van der Waals surface area contributed by atoms with Crippen molar-refractivity contribution < 1.29 is 22.7 Å². The minimum absolute atomic E-state index is 0.225. The van der Waals surface area contributed by atoms with Crippen LogP contribution in [0.4, 0.5) is 17.6 Å². The standard InChI is InChI=1S/C14H9ClF4O/c15-12-4-2-1-3-11(12)13(20,14(17,18)19)9-5-7-10(16)8-6-9/h1-8,20H. The zero-order valence-electron chi connectivity index (χ0n) is 9.96. The highest BCUT2D eigenvalue weighted by atomic mass is 35.5. The lowest BCUT2D eigenvalue weighted by Crippen LogP contribution is -2.43. The number of aliphatic hydroxyl groups is 1. The van der Waals surface area contributed by atoms with Gasteiger partial charge in [0.05, 0.1) is 0 Å². The highest BCUT2D eigenvalue weighted by molar-refractivity contribution is 6.31. The number of benzene rings is 2. The Bertz CT molecular complexity index is 609. The summed E-state index contributed by atoms with van der Waals surface area (Å²) in [5.41, 5.74) is -4.29. The molecule has 6 heteroatoms. The summed E-state index contributed by atoms with van der Waals surface area (Å²) >= 11 is 5.76. The first kappa shape index (κ1) is 14.8. The molecule has 20 heavy (non-hydrogen) atoms. The molecule has 0 saturated heterocycles. The molecule has 106 valence electrons. The van der Waals surface area contributed by atoms with Crippen molar-refractivity contribution in [3.63, 3.8) is 0 Å². The third-order valence-electron chi connectivity index (χ3n) is 2.94. The Morgan fingerprint density at radius 3 is 1.95 bits per heavy atom. The van der Waals surface area contributed by atoms with Crippen molar-refractivity contribution in [2.24, 2.45) is 0 Å². The molecular weight excluding hydrogens is 296 g/mol. The molecule has 0 bridgehead atoms. The molecule has 2 aromatic carbocycles. The normalized spacial score (nSPS) is 14.9. The number of hydrogen-bond donors (Lipinski definition) is 1. The Labute approximate surface area is 117 Å². The average molecular weight is 305 g/mol. The van der Waals surface area contributed by atoms with Crippen LogP contribution in [0, 0.1) is 5.82 Å². The third kappa shape index (κ3) is 2.39. The summed E-state index contributed by atoms with van der Waals surface area (Å²) in [6, 6.07) is 8.58. The monoisotopic (exact) mass is 304 g/mol. The van der Waals surface area contributed by atoms with Crippen molar-refractivity contribution in [3.05, 3.63) is 70.5 Å². The van der Waals surface area contributed by atoms with Crippen LogP contribution in [0.25, 0.3) is 0 Å². The molecule has 2 aromatic rings. The second kappa shape index (κ2) is 5.07. The van der Waals surface area contributed by atoms with Crippen molar-refractivity contribution >= 4 is 11.6 Å². The van der Waals surface area contributed by atoms with E-state index in [1.807, 2.05) is 0 Å². The SMILES string of the molecule is OC(c1ccc(F)cc1)(c1ccccc1Cl)C(F)(F)F. The van der Waals surface area contributed by atoms with E-state index in [0.29, 0.717) is 0 Å². The molecule has 0 aliphatic rings. The van der Waals surface area contributed by atoms with Crippen molar-refractivity contribution in [1.29, 1.82) is 0 Å². The predicted octanol–water partition coefficient (Wildman–Crippen LogP) is 4.28. The van der Waals surface area contributed by atoms with E-state index >= 15 is 0 Å². The van der Waals surface area contributed by atoms with Gasteiger partial charge in [-0.3, -0.25) is 0 Å². The van der Waals surface area contributed by atoms with Gasteiger partial charge in [0.2, 0.25) is 5.60 Å². The summed E-state index contributed by atoms with van der Waals surface area (Å²) in [5, 5.41) is 10.0. The lowest BCUT2D eigenvalue weighted by molar-refractivity contribution is -0.248. The van der Waals surface area contributed by atoms with E-state index in [4.69, 9.17) is 11.6 Å². The number of hydrogen-bond acceptors (Lipinski definition) is 1. The summed E-state index contributed by atoms with van der Waals surface area (Å²) in [6.45, 7) is 0. The first-order valence-electron chi connectivity index (χ1n) is 5.57. The molecule has 0 fully saturated rings. The average Bonchev–Trinajstić information content (AvgIpc) is 2.38. The van der Waals surface area contributed by atoms with Gasteiger partial charge in [-0.2, -0.15) is 13.2 Å². The summed E-state index contributed by atoms with van der Waals surface area (Å²) < 4.78 is 52.9. The van der Waals surface area contributed by atoms with Crippen molar-refractivity contribution in [3.8, 4) is 0 Å². The predicted molar refractivity (Wildman–Crippen MR) is 66.9 cm³/mol. The number of rotatable bonds is 2. The van der Waals surface area contributed by atoms with Crippen LogP contribution in [-0.2, 0) is 5.60 Å². The van der Waals surface area contributed by atoms with Gasteiger partial charge in [0.25, 0.3) is 0 Å². The molecule has 1 N–H and O–H groups in total. The summed E-state index contributed by atoms with van der Waals surface area (Å²) in [7, 11) is 0. The molecule has 0 saturated carbocycles. The molecular formula is C14H9ClF4O. The molecule has 0 aromatic heterocycles. The summed E-state index contributed by atoms with van der Waals surface area (Å²) in [5.74, 6) is -0.697. The van der Waals surface area contributed by atoms with Crippen LogP contribution in [0.5, 0.6) is 0 Å². The molecule has 1 atom stereocenters. The first-order chi connectivity index (χ1) is 9.26. The Morgan fingerprint density at radius 2 is 1.45 bits per heavy atom. The van der Waals surface area contributed by atoms with Gasteiger partial charge in [0.1, 0.15) is 5.82 Å². The van der Waals surface area contributed by atoms with Gasteiger partial charge in [0, 0.05) is 10.6 Å². The topological polar surface area (TPSA) is 20.2 Å². The zero-order valence-corrected chi connectivity index (χ0v) is 10.7. The van der Waals surface area contributed by atoms with Crippen LogP contribution in [0.3, 0.4) is 0 Å². The van der Waals surface area contributed by atoms with E-state index in [-0.39, 0.29) is 5.02 Å². The quantitative estimate of drug-likeness (QED) is 0.821. The number of alkyl halides is 3. The van der Waals surface area contributed by atoms with Crippen LogP contribution in [0.15, 0.2) is 48.5 Å². The van der Waals surface area contributed by atoms with Gasteiger partial charge in [-0.25, -0.2) is 4.39 Å². The lowest BCUT2D eigenvalue weighted by atomic mass is 9.85. The minimum atomic E-state index is -5.00. The highest BCUT2D eigenvalue weighted by Gasteiger charge is 2.57. The van der Waals surface area contributed by atoms with Crippen molar-refractivity contribution in [1.82, 2.24) is 0 Å². The molecule has 2 rings (SSSR count). The highest BCUT2D eigenvalue weighted by Crippen LogP contribution is 2.46. The van der Waals surface area contributed by atoms with E-state index in [1.54, 1.807) is 0 Å². The van der Waals surface area contributed by atoms with E-state index < -0.39 is 28.7 Å². The van der Waals surface area contributed by atoms with Gasteiger partial charge in [0.15, 0.2) is 0 Å². The van der Waals surface area contributed by atoms with Gasteiger partial charge in [-0.1, -0.05) is 41.9 Å².